The summed E-state index contributed by atoms with van der Waals surface area (Å²) in [6.07, 6.45) is 15.1. The van der Waals surface area contributed by atoms with Crippen LogP contribution in [0.15, 0.2) is 30.6 Å². The van der Waals surface area contributed by atoms with Crippen LogP contribution in [0.5, 0.6) is 0 Å². The SMILES string of the molecule is CCOC(=O)c1nc(Nc2c3c(cc4c2CC(c2cncc(COC(=O)c5nc(Nc6c7c(cc8c6CCC8)CCC7)n[nH]5)c2)C4)CCC3)n[nH]1. The number of carbonyl (C=O) groups excluding carboxylic acids is 2. The average Bonchev–Trinajstić information content (AvgIpc) is 3.99. The summed E-state index contributed by atoms with van der Waals surface area (Å²) in [7, 11) is 0. The molecule has 0 bridgehead atoms. The highest BCUT2D eigenvalue weighted by Crippen LogP contribution is 2.44. The van der Waals surface area contributed by atoms with Gasteiger partial charge >= 0.3 is 11.9 Å². The van der Waals surface area contributed by atoms with Crippen LogP contribution < -0.4 is 10.6 Å². The van der Waals surface area contributed by atoms with E-state index in [2.05, 4.69) is 64.2 Å². The van der Waals surface area contributed by atoms with Gasteiger partial charge in [0.2, 0.25) is 23.5 Å². The second-order valence-electron chi connectivity index (χ2n) is 13.9. The minimum absolute atomic E-state index is 0.0611. The number of fused-ring (bicyclic) bond motifs is 4. The zero-order valence-electron chi connectivity index (χ0n) is 28.5. The number of hydrogen-bond donors (Lipinski definition) is 4. The number of ether oxygens (including phenoxy) is 2. The molecule has 4 aliphatic carbocycles. The molecule has 0 amide bonds. The predicted molar refractivity (Wildman–Crippen MR) is 188 cm³/mol. The average molecular weight is 686 g/mol. The Bertz CT molecular complexity index is 2160. The molecule has 1 atom stereocenters. The molecule has 13 heteroatoms. The van der Waals surface area contributed by atoms with Crippen LogP contribution in [0.2, 0.25) is 0 Å². The quantitative estimate of drug-likeness (QED) is 0.133. The second-order valence-corrected chi connectivity index (χ2v) is 13.9. The molecule has 0 saturated carbocycles. The van der Waals surface area contributed by atoms with Crippen molar-refractivity contribution >= 4 is 35.2 Å². The molecule has 0 aliphatic heterocycles. The minimum atomic E-state index is -0.568. The van der Waals surface area contributed by atoms with E-state index in [0.29, 0.717) is 11.9 Å². The van der Waals surface area contributed by atoms with Gasteiger partial charge in [-0.1, -0.05) is 12.1 Å². The first-order chi connectivity index (χ1) is 25.0. The van der Waals surface area contributed by atoms with Gasteiger partial charge in [0.25, 0.3) is 0 Å². The summed E-state index contributed by atoms with van der Waals surface area (Å²) in [5.41, 5.74) is 14.8. The normalized spacial score (nSPS) is 16.8. The first-order valence-corrected chi connectivity index (χ1v) is 18.0. The number of aromatic nitrogens is 7. The number of rotatable bonds is 10. The molecular weight excluding hydrogens is 646 g/mol. The molecule has 5 aromatic rings. The van der Waals surface area contributed by atoms with E-state index in [1.165, 1.54) is 44.5 Å². The summed E-state index contributed by atoms with van der Waals surface area (Å²) < 4.78 is 10.7. The minimum Gasteiger partial charge on any atom is -0.460 e. The third-order valence-corrected chi connectivity index (χ3v) is 10.8. The van der Waals surface area contributed by atoms with Crippen molar-refractivity contribution in [2.75, 3.05) is 17.2 Å². The molecule has 260 valence electrons. The number of nitrogens with one attached hydrogen (secondary N) is 4. The fourth-order valence-electron chi connectivity index (χ4n) is 8.47. The molecule has 3 heterocycles. The Morgan fingerprint density at radius 1 is 0.706 bits per heavy atom. The molecule has 13 nitrogen and oxygen atoms in total. The number of carbonyl (C=O) groups is 2. The van der Waals surface area contributed by atoms with Crippen molar-refractivity contribution in [1.29, 1.82) is 0 Å². The summed E-state index contributed by atoms with van der Waals surface area (Å²) >= 11 is 0. The monoisotopic (exact) mass is 685 g/mol. The van der Waals surface area contributed by atoms with Crippen molar-refractivity contribution in [2.45, 2.75) is 90.1 Å². The lowest BCUT2D eigenvalue weighted by Gasteiger charge is -2.15. The molecule has 1 unspecified atom stereocenters. The van der Waals surface area contributed by atoms with Gasteiger partial charge in [0.1, 0.15) is 6.61 Å². The van der Waals surface area contributed by atoms with E-state index >= 15 is 0 Å². The van der Waals surface area contributed by atoms with Gasteiger partial charge in [-0.05, 0) is 140 Å². The van der Waals surface area contributed by atoms with Crippen molar-refractivity contribution in [1.82, 2.24) is 35.3 Å². The number of aryl methyl sites for hydroxylation is 3. The van der Waals surface area contributed by atoms with Gasteiger partial charge in [-0.3, -0.25) is 15.2 Å². The molecule has 0 spiro atoms. The number of H-pyrrole nitrogens is 2. The van der Waals surface area contributed by atoms with Crippen LogP contribution in [0.4, 0.5) is 23.3 Å². The van der Waals surface area contributed by atoms with Crippen molar-refractivity contribution in [3.8, 4) is 0 Å². The molecule has 51 heavy (non-hydrogen) atoms. The van der Waals surface area contributed by atoms with Gasteiger partial charge in [0.15, 0.2) is 0 Å². The largest absolute Gasteiger partial charge is 0.460 e. The number of hydrogen-bond acceptors (Lipinski definition) is 11. The van der Waals surface area contributed by atoms with Crippen LogP contribution >= 0.6 is 0 Å². The lowest BCUT2D eigenvalue weighted by atomic mass is 9.96. The standard InChI is InChI=1S/C38H39N9O4/c1-2-50-35(48)33-42-38(47-44-33)41-32-29-11-5-8-23(29)14-25-15-24(16-30(25)32)26-12-20(17-39-18-26)19-51-36(49)34-43-37(46-45-34)40-31-27-9-3-6-21(27)13-22-7-4-10-28(22)31/h12-14,17-18,24H,2-11,15-16,19H2,1H3,(H2,40,43,45,46)(H2,41,42,44,47). The molecule has 0 saturated heterocycles. The number of esters is 2. The Morgan fingerprint density at radius 3 is 1.88 bits per heavy atom. The van der Waals surface area contributed by atoms with Gasteiger partial charge in [0.05, 0.1) is 6.61 Å². The van der Waals surface area contributed by atoms with Crippen LogP contribution in [0.1, 0.15) is 109 Å². The van der Waals surface area contributed by atoms with Crippen LogP contribution in [0.3, 0.4) is 0 Å². The van der Waals surface area contributed by atoms with Crippen LogP contribution in [0, 0.1) is 0 Å². The van der Waals surface area contributed by atoms with E-state index in [-0.39, 0.29) is 30.8 Å². The zero-order chi connectivity index (χ0) is 34.5. The number of pyridine rings is 1. The molecule has 9 rings (SSSR count). The van der Waals surface area contributed by atoms with E-state index < -0.39 is 11.9 Å². The van der Waals surface area contributed by atoms with Crippen molar-refractivity contribution < 1.29 is 19.1 Å². The van der Waals surface area contributed by atoms with E-state index in [1.54, 1.807) is 13.1 Å². The van der Waals surface area contributed by atoms with Crippen LogP contribution in [-0.4, -0.2) is 53.9 Å². The van der Waals surface area contributed by atoms with Gasteiger partial charge in [-0.2, -0.15) is 9.97 Å². The third-order valence-electron chi connectivity index (χ3n) is 10.8. The third kappa shape index (κ3) is 5.89. The number of nitrogens with zero attached hydrogens (tertiary/aromatic N) is 5. The topological polar surface area (TPSA) is 173 Å². The molecule has 0 fully saturated rings. The van der Waals surface area contributed by atoms with E-state index in [1.807, 2.05) is 6.20 Å². The lowest BCUT2D eigenvalue weighted by Crippen LogP contribution is -2.08. The Balaban J connectivity index is 0.873. The summed E-state index contributed by atoms with van der Waals surface area (Å²) in [5, 5.41) is 20.9. The van der Waals surface area contributed by atoms with Gasteiger partial charge < -0.3 is 20.1 Å². The van der Waals surface area contributed by atoms with E-state index in [4.69, 9.17) is 9.47 Å². The van der Waals surface area contributed by atoms with Gasteiger partial charge in [-0.15, -0.1) is 10.2 Å². The summed E-state index contributed by atoms with van der Waals surface area (Å²) in [6, 6.07) is 6.81. The molecular formula is C38H39N9O4. The Morgan fingerprint density at radius 2 is 1.27 bits per heavy atom. The second kappa shape index (κ2) is 12.9. The van der Waals surface area contributed by atoms with Crippen LogP contribution in [-0.2, 0) is 67.4 Å². The smallest absolute Gasteiger partial charge is 0.376 e. The van der Waals surface area contributed by atoms with Crippen LogP contribution in [0.25, 0.3) is 0 Å². The summed E-state index contributed by atoms with van der Waals surface area (Å²) in [6.45, 7) is 2.08. The zero-order valence-corrected chi connectivity index (χ0v) is 28.5. The molecule has 2 aromatic carbocycles. The predicted octanol–water partition coefficient (Wildman–Crippen LogP) is 5.69. The van der Waals surface area contributed by atoms with Gasteiger partial charge in [0, 0.05) is 29.3 Å². The van der Waals surface area contributed by atoms with Crippen molar-refractivity contribution in [3.05, 3.63) is 97.9 Å². The Labute approximate surface area is 294 Å². The number of benzene rings is 2. The Kier molecular flexibility index (Phi) is 7.97. The van der Waals surface area contributed by atoms with Crippen molar-refractivity contribution in [2.24, 2.45) is 0 Å². The lowest BCUT2D eigenvalue weighted by molar-refractivity contribution is 0.0457. The number of aromatic amines is 2. The maximum atomic E-state index is 13.1. The fourth-order valence-corrected chi connectivity index (χ4v) is 8.47. The maximum Gasteiger partial charge on any atom is 0.376 e. The number of anilines is 4. The highest BCUT2D eigenvalue weighted by molar-refractivity contribution is 5.86. The van der Waals surface area contributed by atoms with Gasteiger partial charge in [-0.25, -0.2) is 9.59 Å². The Hall–Kier alpha value is -5.59. The summed E-state index contributed by atoms with van der Waals surface area (Å²) in [5.74, 6) is -0.0393. The van der Waals surface area contributed by atoms with Crippen molar-refractivity contribution in [3.63, 3.8) is 0 Å². The van der Waals surface area contributed by atoms with E-state index in [0.717, 1.165) is 93.1 Å². The molecule has 0 radical (unpaired) electrons. The first kappa shape index (κ1) is 31.4. The highest BCUT2D eigenvalue weighted by Gasteiger charge is 2.31. The van der Waals surface area contributed by atoms with E-state index in [9.17, 15) is 9.59 Å². The highest BCUT2D eigenvalue weighted by atomic mass is 16.5. The first-order valence-electron chi connectivity index (χ1n) is 18.0. The molecule has 3 aromatic heterocycles. The molecule has 4 N–H and O–H groups in total. The molecule has 4 aliphatic rings. The summed E-state index contributed by atoms with van der Waals surface area (Å²) in [4.78, 5) is 38.5. The maximum absolute atomic E-state index is 13.1. The fraction of sp³-hybridized carbons (Fsp3) is 0.395.